The van der Waals surface area contributed by atoms with E-state index in [1.165, 1.54) is 4.57 Å². The van der Waals surface area contributed by atoms with E-state index in [0.29, 0.717) is 34.5 Å². The van der Waals surface area contributed by atoms with Crippen LogP contribution in [0.15, 0.2) is 59.5 Å². The van der Waals surface area contributed by atoms with Crippen molar-refractivity contribution in [3.05, 3.63) is 81.5 Å². The van der Waals surface area contributed by atoms with Gasteiger partial charge in [0.25, 0.3) is 0 Å². The highest BCUT2D eigenvalue weighted by Gasteiger charge is 2.14. The normalized spacial score (nSPS) is 11.6. The second-order valence-electron chi connectivity index (χ2n) is 8.07. The van der Waals surface area contributed by atoms with Gasteiger partial charge in [-0.1, -0.05) is 50.6 Å². The maximum Gasteiger partial charge on any atom is 0.352 e. The SMILES string of the molecule is COc1cc(-n2ccc(/C=C/c3ccc(Cl)cc3)nc2=O)ccc1OCC(C)(C)C. The summed E-state index contributed by atoms with van der Waals surface area (Å²) in [5, 5.41) is 0.679. The number of ether oxygens (including phenoxy) is 2. The van der Waals surface area contributed by atoms with Crippen molar-refractivity contribution in [2.45, 2.75) is 20.8 Å². The molecule has 1 aromatic heterocycles. The molecule has 5 nitrogen and oxygen atoms in total. The van der Waals surface area contributed by atoms with E-state index in [1.807, 2.05) is 36.4 Å². The van der Waals surface area contributed by atoms with Crippen LogP contribution < -0.4 is 15.2 Å². The Morgan fingerprint density at radius 1 is 1.03 bits per heavy atom. The largest absolute Gasteiger partial charge is 0.493 e. The summed E-state index contributed by atoms with van der Waals surface area (Å²) in [5.74, 6) is 1.20. The molecule has 0 radical (unpaired) electrons. The first-order valence-electron chi connectivity index (χ1n) is 9.60. The van der Waals surface area contributed by atoms with E-state index in [1.54, 1.807) is 37.6 Å². The Bertz CT molecular complexity index is 1100. The zero-order chi connectivity index (χ0) is 21.7. The number of halogens is 1. The first-order chi connectivity index (χ1) is 14.2. The van der Waals surface area contributed by atoms with Crippen molar-refractivity contribution < 1.29 is 9.47 Å². The van der Waals surface area contributed by atoms with Gasteiger partial charge in [0.05, 0.1) is 25.1 Å². The highest BCUT2D eigenvalue weighted by Crippen LogP contribution is 2.30. The van der Waals surface area contributed by atoms with E-state index in [4.69, 9.17) is 21.1 Å². The number of rotatable bonds is 6. The van der Waals surface area contributed by atoms with E-state index >= 15 is 0 Å². The van der Waals surface area contributed by atoms with Crippen LogP contribution in [-0.4, -0.2) is 23.3 Å². The number of hydrogen-bond acceptors (Lipinski definition) is 4. The minimum Gasteiger partial charge on any atom is -0.493 e. The monoisotopic (exact) mass is 424 g/mol. The van der Waals surface area contributed by atoms with Crippen LogP contribution >= 0.6 is 11.6 Å². The quantitative estimate of drug-likeness (QED) is 0.525. The van der Waals surface area contributed by atoms with Crippen LogP contribution in [0.3, 0.4) is 0 Å². The Hall–Kier alpha value is -3.05. The Balaban J connectivity index is 1.82. The summed E-state index contributed by atoms with van der Waals surface area (Å²) < 4.78 is 12.8. The maximum atomic E-state index is 12.6. The van der Waals surface area contributed by atoms with E-state index in [-0.39, 0.29) is 11.1 Å². The highest BCUT2D eigenvalue weighted by atomic mass is 35.5. The van der Waals surface area contributed by atoms with E-state index < -0.39 is 0 Å². The summed E-state index contributed by atoms with van der Waals surface area (Å²) in [4.78, 5) is 16.7. The fourth-order valence-corrected chi connectivity index (χ4v) is 2.81. The molecule has 0 amide bonds. The Morgan fingerprint density at radius 3 is 2.40 bits per heavy atom. The number of aromatic nitrogens is 2. The molecule has 0 atom stereocenters. The molecular formula is C24H25ClN2O3. The summed E-state index contributed by atoms with van der Waals surface area (Å²) in [5.41, 5.74) is 1.85. The predicted molar refractivity (Wildman–Crippen MR) is 122 cm³/mol. The third-order valence-electron chi connectivity index (χ3n) is 4.23. The minimum atomic E-state index is -0.376. The molecule has 156 valence electrons. The fourth-order valence-electron chi connectivity index (χ4n) is 2.68. The van der Waals surface area contributed by atoms with Crippen molar-refractivity contribution in [2.24, 2.45) is 5.41 Å². The second kappa shape index (κ2) is 9.18. The molecule has 0 saturated heterocycles. The van der Waals surface area contributed by atoms with Crippen molar-refractivity contribution in [1.29, 1.82) is 0 Å². The van der Waals surface area contributed by atoms with Gasteiger partial charge in [-0.15, -0.1) is 0 Å². The van der Waals surface area contributed by atoms with Crippen LogP contribution in [0.5, 0.6) is 11.5 Å². The summed E-state index contributed by atoms with van der Waals surface area (Å²) in [7, 11) is 1.58. The molecular weight excluding hydrogens is 400 g/mol. The van der Waals surface area contributed by atoms with Gasteiger partial charge in [-0.05, 0) is 47.4 Å². The number of nitrogens with zero attached hydrogens (tertiary/aromatic N) is 2. The molecule has 30 heavy (non-hydrogen) atoms. The second-order valence-corrected chi connectivity index (χ2v) is 8.51. The van der Waals surface area contributed by atoms with Crippen molar-refractivity contribution >= 4 is 23.8 Å². The molecule has 0 saturated carbocycles. The van der Waals surface area contributed by atoms with E-state index in [9.17, 15) is 4.79 Å². The lowest BCUT2D eigenvalue weighted by Crippen LogP contribution is -2.21. The maximum absolute atomic E-state index is 12.6. The van der Waals surface area contributed by atoms with Gasteiger partial charge in [0.15, 0.2) is 11.5 Å². The van der Waals surface area contributed by atoms with E-state index in [2.05, 4.69) is 25.8 Å². The molecule has 0 aliphatic heterocycles. The molecule has 6 heteroatoms. The third kappa shape index (κ3) is 5.74. The summed E-state index contributed by atoms with van der Waals surface area (Å²) in [6, 6.07) is 14.6. The number of benzene rings is 2. The van der Waals surface area contributed by atoms with Crippen molar-refractivity contribution in [2.75, 3.05) is 13.7 Å². The Kier molecular flexibility index (Phi) is 6.63. The molecule has 0 N–H and O–H groups in total. The first kappa shape index (κ1) is 21.7. The zero-order valence-electron chi connectivity index (χ0n) is 17.6. The fraction of sp³-hybridized carbons (Fsp3) is 0.250. The van der Waals surface area contributed by atoms with Gasteiger partial charge in [0.1, 0.15) is 0 Å². The summed E-state index contributed by atoms with van der Waals surface area (Å²) in [6.07, 6.45) is 5.37. The Morgan fingerprint density at radius 2 is 1.77 bits per heavy atom. The topological polar surface area (TPSA) is 53.4 Å². The molecule has 0 fully saturated rings. The zero-order valence-corrected chi connectivity index (χ0v) is 18.3. The van der Waals surface area contributed by atoms with Crippen LogP contribution in [-0.2, 0) is 0 Å². The summed E-state index contributed by atoms with van der Waals surface area (Å²) >= 11 is 5.90. The van der Waals surface area contributed by atoms with Gasteiger partial charge >= 0.3 is 5.69 Å². The standard InChI is InChI=1S/C24H25ClN2O3/c1-24(2,3)16-30-21-12-11-20(15-22(21)29-4)27-14-13-19(26-23(27)28)10-7-17-5-8-18(25)9-6-17/h5-15H,16H2,1-4H3/b10-7+. The summed E-state index contributed by atoms with van der Waals surface area (Å²) in [6.45, 7) is 6.85. The molecule has 0 spiro atoms. The van der Waals surface area contributed by atoms with E-state index in [0.717, 1.165) is 5.56 Å². The Labute approximate surface area is 181 Å². The van der Waals surface area contributed by atoms with Crippen LogP contribution in [0.4, 0.5) is 0 Å². The highest BCUT2D eigenvalue weighted by molar-refractivity contribution is 6.30. The molecule has 0 unspecified atom stereocenters. The molecule has 1 heterocycles. The van der Waals surface area contributed by atoms with Crippen molar-refractivity contribution in [3.63, 3.8) is 0 Å². The van der Waals surface area contributed by atoms with Gasteiger partial charge < -0.3 is 9.47 Å². The van der Waals surface area contributed by atoms with Gasteiger partial charge in [0, 0.05) is 17.3 Å². The number of hydrogen-bond donors (Lipinski definition) is 0. The van der Waals surface area contributed by atoms with Crippen molar-refractivity contribution in [3.8, 4) is 17.2 Å². The van der Waals surface area contributed by atoms with Crippen molar-refractivity contribution in [1.82, 2.24) is 9.55 Å². The average molecular weight is 425 g/mol. The molecule has 3 aromatic rings. The smallest absolute Gasteiger partial charge is 0.352 e. The van der Waals surface area contributed by atoms with Gasteiger partial charge in [-0.25, -0.2) is 4.79 Å². The van der Waals surface area contributed by atoms with Gasteiger partial charge in [-0.2, -0.15) is 4.98 Å². The number of methoxy groups -OCH3 is 1. The molecule has 3 rings (SSSR count). The van der Waals surface area contributed by atoms with Crippen LogP contribution in [0.25, 0.3) is 17.8 Å². The van der Waals surface area contributed by atoms with Crippen LogP contribution in [0.2, 0.25) is 5.02 Å². The van der Waals surface area contributed by atoms with Crippen LogP contribution in [0, 0.1) is 5.41 Å². The first-order valence-corrected chi connectivity index (χ1v) is 9.97. The third-order valence-corrected chi connectivity index (χ3v) is 4.48. The van der Waals surface area contributed by atoms with Crippen LogP contribution in [0.1, 0.15) is 32.0 Å². The predicted octanol–water partition coefficient (Wildman–Crippen LogP) is 5.49. The van der Waals surface area contributed by atoms with Gasteiger partial charge in [0.2, 0.25) is 0 Å². The molecule has 0 aliphatic rings. The lowest BCUT2D eigenvalue weighted by atomic mass is 9.99. The molecule has 0 aliphatic carbocycles. The molecule has 2 aromatic carbocycles. The lowest BCUT2D eigenvalue weighted by Gasteiger charge is -2.20. The minimum absolute atomic E-state index is 0.0277. The average Bonchev–Trinajstić information content (AvgIpc) is 2.71. The lowest BCUT2D eigenvalue weighted by molar-refractivity contribution is 0.191. The van der Waals surface area contributed by atoms with Gasteiger partial charge in [-0.3, -0.25) is 4.57 Å². The molecule has 0 bridgehead atoms.